The van der Waals surface area contributed by atoms with E-state index in [0.717, 1.165) is 21.3 Å². The van der Waals surface area contributed by atoms with Crippen molar-refractivity contribution >= 4 is 39.2 Å². The Labute approximate surface area is 175 Å². The number of hydrogen-bond acceptors (Lipinski definition) is 5. The number of rotatable bonds is 5. The van der Waals surface area contributed by atoms with Gasteiger partial charge < -0.3 is 4.90 Å². The number of Topliss-reactive ketones (excluding diaryl/α,β-unsaturated/α-hetero) is 1. The molecule has 2 aromatic rings. The Bertz CT molecular complexity index is 1020. The number of hydrogen-bond donors (Lipinski definition) is 0. The third-order valence-electron chi connectivity index (χ3n) is 4.87. The van der Waals surface area contributed by atoms with Crippen LogP contribution < -0.4 is 4.90 Å². The van der Waals surface area contributed by atoms with Gasteiger partial charge in [-0.1, -0.05) is 31.2 Å². The quantitative estimate of drug-likeness (QED) is 0.677. The highest BCUT2D eigenvalue weighted by Gasteiger charge is 2.28. The van der Waals surface area contributed by atoms with E-state index in [1.54, 1.807) is 16.7 Å². The monoisotopic (exact) mass is 432 g/mol. The minimum Gasteiger partial charge on any atom is -0.310 e. The lowest BCUT2D eigenvalue weighted by atomic mass is 10.2. The van der Waals surface area contributed by atoms with Gasteiger partial charge in [-0.25, -0.2) is 8.42 Å². The number of amides is 1. The van der Waals surface area contributed by atoms with Gasteiger partial charge in [0.2, 0.25) is 15.9 Å². The van der Waals surface area contributed by atoms with Crippen LogP contribution in [-0.4, -0.2) is 49.8 Å². The maximum Gasteiger partial charge on any atom is 0.243 e. The van der Waals surface area contributed by atoms with Crippen LogP contribution in [0.2, 0.25) is 0 Å². The van der Waals surface area contributed by atoms with Gasteiger partial charge in [-0.3, -0.25) is 9.59 Å². The molecular weight excluding hydrogens is 408 g/mol. The number of anilines is 1. The van der Waals surface area contributed by atoms with Gasteiger partial charge in [0, 0.05) is 29.3 Å². The second kappa shape index (κ2) is 8.69. The summed E-state index contributed by atoms with van der Waals surface area (Å²) in [7, 11) is -2.45. The normalized spacial score (nSPS) is 17.0. The zero-order valence-electron chi connectivity index (χ0n) is 16.7. The van der Waals surface area contributed by atoms with Gasteiger partial charge in [0.05, 0.1) is 17.1 Å². The average Bonchev–Trinajstić information content (AvgIpc) is 2.86. The largest absolute Gasteiger partial charge is 0.310 e. The third-order valence-corrected chi connectivity index (χ3v) is 7.93. The van der Waals surface area contributed by atoms with Crippen LogP contribution in [0.15, 0.2) is 58.3 Å². The number of para-hydroxylation sites is 1. The molecule has 0 N–H and O–H groups in total. The van der Waals surface area contributed by atoms with E-state index in [0.29, 0.717) is 17.4 Å². The molecule has 3 rings (SSSR count). The molecule has 2 aromatic carbocycles. The first-order valence-electron chi connectivity index (χ1n) is 9.33. The fourth-order valence-electron chi connectivity index (χ4n) is 3.15. The molecule has 0 spiro atoms. The van der Waals surface area contributed by atoms with E-state index < -0.39 is 10.0 Å². The van der Waals surface area contributed by atoms with E-state index in [9.17, 15) is 18.0 Å². The molecule has 0 saturated carbocycles. The summed E-state index contributed by atoms with van der Waals surface area (Å²) in [6.45, 7) is 3.83. The Morgan fingerprint density at radius 2 is 1.79 bits per heavy atom. The molecule has 1 aliphatic rings. The smallest absolute Gasteiger partial charge is 0.243 e. The van der Waals surface area contributed by atoms with Crippen LogP contribution in [-0.2, 0) is 14.8 Å². The number of fused-ring (bicyclic) bond motifs is 1. The van der Waals surface area contributed by atoms with Crippen LogP contribution in [0, 0.1) is 0 Å². The highest BCUT2D eigenvalue weighted by molar-refractivity contribution is 8.00. The number of carbonyl (C=O) groups excluding carboxylic acids is 2. The van der Waals surface area contributed by atoms with E-state index in [4.69, 9.17) is 0 Å². The molecule has 1 heterocycles. The molecule has 0 fully saturated rings. The summed E-state index contributed by atoms with van der Waals surface area (Å²) in [6.07, 6.45) is 0.827. The predicted octanol–water partition coefficient (Wildman–Crippen LogP) is 3.43. The lowest BCUT2D eigenvalue weighted by Crippen LogP contribution is -2.41. The number of nitrogens with zero attached hydrogens (tertiary/aromatic N) is 2. The standard InChI is InChI=1S/C21H24N2O4S2/c1-15-12-13-23(19-6-4-5-7-20(19)28-15)21(25)14-22(3)29(26,27)18-10-8-17(9-11-18)16(2)24/h4-11,15H,12-14H2,1-3H3. The predicted molar refractivity (Wildman–Crippen MR) is 115 cm³/mol. The van der Waals surface area contributed by atoms with Crippen molar-refractivity contribution in [3.05, 3.63) is 54.1 Å². The number of thioether (sulfide) groups is 1. The first-order chi connectivity index (χ1) is 13.7. The van der Waals surface area contributed by atoms with Crippen LogP contribution in [0.3, 0.4) is 0 Å². The fourth-order valence-corrected chi connectivity index (χ4v) is 5.38. The summed E-state index contributed by atoms with van der Waals surface area (Å²) in [5.41, 5.74) is 1.26. The van der Waals surface area contributed by atoms with Gasteiger partial charge in [0.25, 0.3) is 0 Å². The highest BCUT2D eigenvalue weighted by Crippen LogP contribution is 2.37. The summed E-state index contributed by atoms with van der Waals surface area (Å²) >= 11 is 1.73. The summed E-state index contributed by atoms with van der Waals surface area (Å²) in [6, 6.07) is 13.5. The Kier molecular flexibility index (Phi) is 6.45. The summed E-state index contributed by atoms with van der Waals surface area (Å²) in [4.78, 5) is 27.2. The maximum absolute atomic E-state index is 13.0. The fraction of sp³-hybridized carbons (Fsp3) is 0.333. The van der Waals surface area contributed by atoms with Crippen molar-refractivity contribution in [1.82, 2.24) is 4.31 Å². The van der Waals surface area contributed by atoms with E-state index in [2.05, 4.69) is 6.92 Å². The van der Waals surface area contributed by atoms with Crippen molar-refractivity contribution in [3.63, 3.8) is 0 Å². The second-order valence-corrected chi connectivity index (χ2v) is 10.6. The summed E-state index contributed by atoms with van der Waals surface area (Å²) in [5, 5.41) is 0.371. The summed E-state index contributed by atoms with van der Waals surface area (Å²) < 4.78 is 26.8. The van der Waals surface area contributed by atoms with Crippen LogP contribution in [0.5, 0.6) is 0 Å². The second-order valence-electron chi connectivity index (χ2n) is 7.07. The SMILES string of the molecule is CC(=O)c1ccc(S(=O)(=O)N(C)CC(=O)N2CCC(C)Sc3ccccc32)cc1. The molecule has 0 radical (unpaired) electrons. The van der Waals surface area contributed by atoms with Crippen LogP contribution in [0.25, 0.3) is 0 Å². The molecular formula is C21H24N2O4S2. The Morgan fingerprint density at radius 3 is 2.45 bits per heavy atom. The lowest BCUT2D eigenvalue weighted by Gasteiger charge is -2.25. The molecule has 6 nitrogen and oxygen atoms in total. The first kappa shape index (κ1) is 21.5. The van der Waals surface area contributed by atoms with Crippen molar-refractivity contribution < 1.29 is 18.0 Å². The van der Waals surface area contributed by atoms with E-state index in [1.165, 1.54) is 38.2 Å². The minimum atomic E-state index is -3.84. The van der Waals surface area contributed by atoms with Crippen molar-refractivity contribution in [2.45, 2.75) is 35.3 Å². The molecule has 1 amide bonds. The molecule has 154 valence electrons. The van der Waals surface area contributed by atoms with Crippen LogP contribution in [0.4, 0.5) is 5.69 Å². The van der Waals surface area contributed by atoms with Gasteiger partial charge in [0.1, 0.15) is 0 Å². The van der Waals surface area contributed by atoms with E-state index >= 15 is 0 Å². The van der Waals surface area contributed by atoms with Crippen molar-refractivity contribution in [2.24, 2.45) is 0 Å². The van der Waals surface area contributed by atoms with Crippen molar-refractivity contribution in [1.29, 1.82) is 0 Å². The number of benzene rings is 2. The van der Waals surface area contributed by atoms with E-state index in [1.807, 2.05) is 24.3 Å². The molecule has 0 bridgehead atoms. The topological polar surface area (TPSA) is 74.8 Å². The molecule has 1 unspecified atom stereocenters. The molecule has 0 saturated heterocycles. The van der Waals surface area contributed by atoms with Crippen LogP contribution in [0.1, 0.15) is 30.6 Å². The Hall–Kier alpha value is -2.16. The maximum atomic E-state index is 13.0. The van der Waals surface area contributed by atoms with Crippen molar-refractivity contribution in [2.75, 3.05) is 25.0 Å². The van der Waals surface area contributed by atoms with Gasteiger partial charge >= 0.3 is 0 Å². The molecule has 8 heteroatoms. The lowest BCUT2D eigenvalue weighted by molar-refractivity contribution is -0.118. The Morgan fingerprint density at radius 1 is 1.14 bits per heavy atom. The number of likely N-dealkylation sites (N-methyl/N-ethyl adjacent to an activating group) is 1. The first-order valence-corrected chi connectivity index (χ1v) is 11.7. The molecule has 1 aliphatic heterocycles. The van der Waals surface area contributed by atoms with Crippen LogP contribution >= 0.6 is 11.8 Å². The molecule has 0 aromatic heterocycles. The third kappa shape index (κ3) is 4.71. The highest BCUT2D eigenvalue weighted by atomic mass is 32.2. The average molecular weight is 433 g/mol. The number of carbonyl (C=O) groups is 2. The van der Waals surface area contributed by atoms with Gasteiger partial charge in [-0.15, -0.1) is 11.8 Å². The summed E-state index contributed by atoms with van der Waals surface area (Å²) in [5.74, 6) is -0.400. The number of ketones is 1. The van der Waals surface area contributed by atoms with Gasteiger partial charge in [0.15, 0.2) is 5.78 Å². The molecule has 29 heavy (non-hydrogen) atoms. The molecule has 1 atom stereocenters. The zero-order valence-corrected chi connectivity index (χ0v) is 18.3. The van der Waals surface area contributed by atoms with Crippen molar-refractivity contribution in [3.8, 4) is 0 Å². The van der Waals surface area contributed by atoms with E-state index in [-0.39, 0.29) is 23.1 Å². The van der Waals surface area contributed by atoms with Gasteiger partial charge in [-0.2, -0.15) is 4.31 Å². The zero-order chi connectivity index (χ0) is 21.2. The Balaban J connectivity index is 1.80. The minimum absolute atomic E-state index is 0.0539. The van der Waals surface area contributed by atoms with Gasteiger partial charge in [-0.05, 0) is 37.6 Å². The number of sulfonamides is 1. The molecule has 0 aliphatic carbocycles.